The number of hydrogen-bond donors (Lipinski definition) is 1. The molecule has 0 atom stereocenters. The smallest absolute Gasteiger partial charge is 0.336 e. The molecule has 212 valence electrons. The zero-order valence-corrected chi connectivity index (χ0v) is 24.9. The largest absolute Gasteiger partial charge is 0.491 e. The first-order valence-corrected chi connectivity index (χ1v) is 16.9. The van der Waals surface area contributed by atoms with Crippen LogP contribution in [0, 0.1) is 0 Å². The van der Waals surface area contributed by atoms with Crippen molar-refractivity contribution in [2.75, 3.05) is 37.9 Å². The number of thiazole rings is 1. The molecule has 0 saturated carbocycles. The monoisotopic (exact) mass is 589 g/mol. The molecule has 1 aliphatic rings. The number of benzene rings is 1. The number of carbonyl (C=O) groups excluding carboxylic acids is 1. The molecule has 0 radical (unpaired) electrons. The van der Waals surface area contributed by atoms with Crippen molar-refractivity contribution in [3.05, 3.63) is 34.8 Å². The number of carbonyl (C=O) groups is 1. The van der Waals surface area contributed by atoms with Crippen molar-refractivity contribution in [3.8, 4) is 11.5 Å². The lowest BCUT2D eigenvalue weighted by atomic mass is 10.1. The van der Waals surface area contributed by atoms with Crippen LogP contribution in [-0.4, -0.2) is 68.4 Å². The lowest BCUT2D eigenvalue weighted by Gasteiger charge is -2.30. The molecular weight excluding hydrogens is 553 g/mol. The van der Waals surface area contributed by atoms with E-state index in [1.54, 1.807) is 37.4 Å². The first-order chi connectivity index (χ1) is 17.9. The first-order valence-electron chi connectivity index (χ1n) is 12.5. The third-order valence-corrected chi connectivity index (χ3v) is 9.59. The summed E-state index contributed by atoms with van der Waals surface area (Å²) in [5, 5.41) is 4.82. The van der Waals surface area contributed by atoms with Gasteiger partial charge in [0.05, 0.1) is 37.4 Å². The van der Waals surface area contributed by atoms with Crippen LogP contribution >= 0.6 is 18.9 Å². The molecule has 0 spiro atoms. The standard InChI is InChI=1S/C24H36N3O8PS2/c1-6-32-36(29,33-7-2)15-19-16-37-24(25-19)26-23(28)18-12-21(34-17(3)4)14-22(13-18)35-20-8-10-27(11-9-20)38(5,30)31/h12-14,16-17,20H,6-11,15H2,1-5H3,(H,25,26,28). The number of anilines is 1. The Kier molecular flexibility index (Phi) is 10.7. The molecule has 1 aromatic carbocycles. The van der Waals surface area contributed by atoms with Crippen LogP contribution in [0.2, 0.25) is 0 Å². The van der Waals surface area contributed by atoms with Gasteiger partial charge in [-0.2, -0.15) is 0 Å². The molecule has 2 aromatic rings. The second-order valence-corrected chi connectivity index (χ2v) is 13.9. The van der Waals surface area contributed by atoms with Crippen LogP contribution in [0.4, 0.5) is 5.13 Å². The number of amides is 1. The maximum absolute atomic E-state index is 13.1. The molecule has 1 aliphatic heterocycles. The van der Waals surface area contributed by atoms with Crippen LogP contribution in [0.15, 0.2) is 23.6 Å². The Morgan fingerprint density at radius 2 is 1.79 bits per heavy atom. The predicted octanol–water partition coefficient (Wildman–Crippen LogP) is 4.75. The van der Waals surface area contributed by atoms with Crippen molar-refractivity contribution in [2.24, 2.45) is 0 Å². The number of sulfonamides is 1. The van der Waals surface area contributed by atoms with Crippen LogP contribution in [0.5, 0.6) is 11.5 Å². The Labute approximate surface area is 228 Å². The Hall–Kier alpha value is -2.02. The number of piperidine rings is 1. The minimum absolute atomic E-state index is 0.00883. The summed E-state index contributed by atoms with van der Waals surface area (Å²) in [7, 11) is -6.55. The van der Waals surface area contributed by atoms with Crippen molar-refractivity contribution < 1.29 is 36.3 Å². The molecule has 1 saturated heterocycles. The van der Waals surface area contributed by atoms with Crippen molar-refractivity contribution in [1.29, 1.82) is 0 Å². The average Bonchev–Trinajstić information content (AvgIpc) is 3.24. The SMILES string of the molecule is CCOP(=O)(Cc1csc(NC(=O)c2cc(OC(C)C)cc(OC3CCN(S(C)(=O)=O)CC3)c2)n1)OCC. The molecule has 0 unspecified atom stereocenters. The molecule has 0 bridgehead atoms. The van der Waals surface area contributed by atoms with Crippen molar-refractivity contribution >= 4 is 40.0 Å². The highest BCUT2D eigenvalue weighted by Crippen LogP contribution is 2.51. The summed E-state index contributed by atoms with van der Waals surface area (Å²) >= 11 is 1.21. The van der Waals surface area contributed by atoms with E-state index in [-0.39, 0.29) is 31.6 Å². The fourth-order valence-electron chi connectivity index (χ4n) is 3.91. The van der Waals surface area contributed by atoms with Crippen molar-refractivity contribution in [1.82, 2.24) is 9.29 Å². The fraction of sp³-hybridized carbons (Fsp3) is 0.583. The summed E-state index contributed by atoms with van der Waals surface area (Å²) in [4.78, 5) is 17.5. The van der Waals surface area contributed by atoms with Gasteiger partial charge in [0.15, 0.2) is 5.13 Å². The summed E-state index contributed by atoms with van der Waals surface area (Å²) in [6, 6.07) is 4.97. The number of aromatic nitrogens is 1. The molecule has 14 heteroatoms. The fourth-order valence-corrected chi connectivity index (χ4v) is 7.22. The average molecular weight is 590 g/mol. The van der Waals surface area contributed by atoms with Gasteiger partial charge in [-0.15, -0.1) is 11.3 Å². The van der Waals surface area contributed by atoms with E-state index in [9.17, 15) is 17.8 Å². The van der Waals surface area contributed by atoms with Crippen LogP contribution in [0.25, 0.3) is 0 Å². The van der Waals surface area contributed by atoms with Gasteiger partial charge in [-0.3, -0.25) is 14.7 Å². The van der Waals surface area contributed by atoms with Gasteiger partial charge >= 0.3 is 7.60 Å². The summed E-state index contributed by atoms with van der Waals surface area (Å²) < 4.78 is 60.4. The summed E-state index contributed by atoms with van der Waals surface area (Å²) in [6.07, 6.45) is 1.99. The topological polar surface area (TPSA) is 133 Å². The molecule has 1 aromatic heterocycles. The van der Waals surface area contributed by atoms with Gasteiger partial charge in [0, 0.05) is 30.1 Å². The van der Waals surface area contributed by atoms with E-state index in [4.69, 9.17) is 18.5 Å². The maximum atomic E-state index is 13.1. The highest BCUT2D eigenvalue weighted by Gasteiger charge is 2.27. The van der Waals surface area contributed by atoms with E-state index < -0.39 is 23.5 Å². The van der Waals surface area contributed by atoms with Gasteiger partial charge in [-0.1, -0.05) is 0 Å². The van der Waals surface area contributed by atoms with E-state index in [2.05, 4.69) is 10.3 Å². The Morgan fingerprint density at radius 1 is 1.16 bits per heavy atom. The molecule has 0 aliphatic carbocycles. The van der Waals surface area contributed by atoms with Crippen LogP contribution in [-0.2, 0) is 29.8 Å². The van der Waals surface area contributed by atoms with Crippen molar-refractivity contribution in [2.45, 2.75) is 58.9 Å². The Morgan fingerprint density at radius 3 is 2.37 bits per heavy atom. The maximum Gasteiger partial charge on any atom is 0.336 e. The highest BCUT2D eigenvalue weighted by molar-refractivity contribution is 7.88. The van der Waals surface area contributed by atoms with Gasteiger partial charge in [-0.05, 0) is 52.7 Å². The second-order valence-electron chi connectivity index (χ2n) is 9.04. The van der Waals surface area contributed by atoms with Gasteiger partial charge in [0.1, 0.15) is 17.6 Å². The van der Waals surface area contributed by atoms with Gasteiger partial charge < -0.3 is 18.5 Å². The third-order valence-electron chi connectivity index (χ3n) is 5.47. The van der Waals surface area contributed by atoms with Crippen molar-refractivity contribution in [3.63, 3.8) is 0 Å². The summed E-state index contributed by atoms with van der Waals surface area (Å²) in [6.45, 7) is 8.51. The van der Waals surface area contributed by atoms with E-state index in [0.29, 0.717) is 53.8 Å². The molecule has 3 rings (SSSR count). The molecule has 2 heterocycles. The zero-order valence-electron chi connectivity index (χ0n) is 22.3. The zero-order chi connectivity index (χ0) is 27.9. The molecule has 1 fully saturated rings. The quantitative estimate of drug-likeness (QED) is 0.329. The van der Waals surface area contributed by atoms with Gasteiger partial charge in [0.25, 0.3) is 5.91 Å². The first kappa shape index (κ1) is 30.5. The Bertz CT molecular complexity index is 1230. The third kappa shape index (κ3) is 9.03. The van der Waals surface area contributed by atoms with E-state index in [1.807, 2.05) is 13.8 Å². The lowest BCUT2D eigenvalue weighted by Crippen LogP contribution is -2.41. The van der Waals surface area contributed by atoms with Crippen LogP contribution in [0.3, 0.4) is 0 Å². The minimum atomic E-state index is -3.32. The molecule has 11 nitrogen and oxygen atoms in total. The molecule has 1 amide bonds. The van der Waals surface area contributed by atoms with E-state index >= 15 is 0 Å². The van der Waals surface area contributed by atoms with Gasteiger partial charge in [-0.25, -0.2) is 17.7 Å². The van der Waals surface area contributed by atoms with E-state index in [1.165, 1.54) is 21.9 Å². The van der Waals surface area contributed by atoms with Crippen LogP contribution < -0.4 is 14.8 Å². The second kappa shape index (κ2) is 13.4. The number of hydrogen-bond acceptors (Lipinski definition) is 10. The molecular formula is C24H36N3O8PS2. The number of rotatable bonds is 13. The van der Waals surface area contributed by atoms with Gasteiger partial charge in [0.2, 0.25) is 10.0 Å². The predicted molar refractivity (Wildman–Crippen MR) is 147 cm³/mol. The van der Waals surface area contributed by atoms with E-state index in [0.717, 1.165) is 0 Å². The highest BCUT2D eigenvalue weighted by atomic mass is 32.2. The number of ether oxygens (including phenoxy) is 2. The minimum Gasteiger partial charge on any atom is -0.491 e. The number of nitrogens with zero attached hydrogens (tertiary/aromatic N) is 2. The lowest BCUT2D eigenvalue weighted by molar-refractivity contribution is 0.102. The summed E-state index contributed by atoms with van der Waals surface area (Å²) in [5.41, 5.74) is 0.814. The Balaban J connectivity index is 1.72. The number of nitrogens with one attached hydrogen (secondary N) is 1. The molecule has 38 heavy (non-hydrogen) atoms. The summed E-state index contributed by atoms with van der Waals surface area (Å²) in [5.74, 6) is 0.528. The molecule has 1 N–H and O–H groups in total. The normalized spacial score (nSPS) is 15.5. The van der Waals surface area contributed by atoms with Crippen LogP contribution in [0.1, 0.15) is 56.6 Å².